The fourth-order valence-corrected chi connectivity index (χ4v) is 2.49. The van der Waals surface area contributed by atoms with Gasteiger partial charge in [-0.15, -0.1) is 6.42 Å². The minimum atomic E-state index is -0.662. The van der Waals surface area contributed by atoms with Gasteiger partial charge in [0.15, 0.2) is 0 Å². The molecule has 0 saturated carbocycles. The standard InChI is InChI=1S/C24H25N3O4/c1-6-17-9-13-20(27-23(30)31-24(3,4)5)21(15-17)26-22(29)14-10-18-7-11-19(12-8-18)25-16(2)28/h1,7-15H,2-5H3,(H,25,28)(H,26,29)(H,27,30). The molecule has 7 heteroatoms. The minimum absolute atomic E-state index is 0.160. The number of amides is 3. The normalized spacial score (nSPS) is 10.8. The lowest BCUT2D eigenvalue weighted by Gasteiger charge is -2.20. The van der Waals surface area contributed by atoms with Gasteiger partial charge in [0, 0.05) is 24.3 Å². The van der Waals surface area contributed by atoms with Crippen LogP contribution in [-0.2, 0) is 14.3 Å². The van der Waals surface area contributed by atoms with Crippen molar-refractivity contribution in [2.24, 2.45) is 0 Å². The van der Waals surface area contributed by atoms with E-state index in [-0.39, 0.29) is 5.91 Å². The van der Waals surface area contributed by atoms with E-state index < -0.39 is 17.6 Å². The molecule has 2 aromatic carbocycles. The molecular formula is C24H25N3O4. The predicted octanol–water partition coefficient (Wildman–Crippen LogP) is 4.63. The summed E-state index contributed by atoms with van der Waals surface area (Å²) >= 11 is 0. The molecule has 0 spiro atoms. The van der Waals surface area contributed by atoms with E-state index in [1.54, 1.807) is 69.3 Å². The molecular weight excluding hydrogens is 394 g/mol. The van der Waals surface area contributed by atoms with Crippen molar-refractivity contribution in [1.82, 2.24) is 0 Å². The first-order valence-electron chi connectivity index (χ1n) is 9.53. The largest absolute Gasteiger partial charge is 0.444 e. The average molecular weight is 419 g/mol. The highest BCUT2D eigenvalue weighted by molar-refractivity contribution is 6.05. The van der Waals surface area contributed by atoms with Gasteiger partial charge >= 0.3 is 6.09 Å². The summed E-state index contributed by atoms with van der Waals surface area (Å²) in [5.74, 6) is 1.92. The van der Waals surface area contributed by atoms with Crippen LogP contribution in [0.25, 0.3) is 6.08 Å². The molecule has 0 radical (unpaired) electrons. The highest BCUT2D eigenvalue weighted by Gasteiger charge is 2.17. The van der Waals surface area contributed by atoms with Crippen molar-refractivity contribution in [2.75, 3.05) is 16.0 Å². The molecule has 0 heterocycles. The van der Waals surface area contributed by atoms with Crippen LogP contribution in [0.2, 0.25) is 0 Å². The molecule has 31 heavy (non-hydrogen) atoms. The monoisotopic (exact) mass is 419 g/mol. The van der Waals surface area contributed by atoms with Gasteiger partial charge in [-0.1, -0.05) is 18.1 Å². The predicted molar refractivity (Wildman–Crippen MR) is 123 cm³/mol. The van der Waals surface area contributed by atoms with Crippen molar-refractivity contribution in [3.05, 3.63) is 59.7 Å². The summed E-state index contributed by atoms with van der Waals surface area (Å²) in [7, 11) is 0. The third-order valence-electron chi connectivity index (χ3n) is 3.74. The van der Waals surface area contributed by atoms with E-state index in [0.29, 0.717) is 22.6 Å². The number of ether oxygens (including phenoxy) is 1. The molecule has 7 nitrogen and oxygen atoms in total. The SMILES string of the molecule is C#Cc1ccc(NC(=O)OC(C)(C)C)c(NC(=O)C=Cc2ccc(NC(C)=O)cc2)c1. The van der Waals surface area contributed by atoms with Crippen LogP contribution in [0.3, 0.4) is 0 Å². The van der Waals surface area contributed by atoms with E-state index in [1.165, 1.54) is 13.0 Å². The van der Waals surface area contributed by atoms with Crippen LogP contribution < -0.4 is 16.0 Å². The van der Waals surface area contributed by atoms with Gasteiger partial charge in [-0.2, -0.15) is 0 Å². The van der Waals surface area contributed by atoms with Crippen LogP contribution in [0.1, 0.15) is 38.8 Å². The van der Waals surface area contributed by atoms with E-state index in [9.17, 15) is 14.4 Å². The number of rotatable bonds is 5. The van der Waals surface area contributed by atoms with Crippen LogP contribution in [0.5, 0.6) is 0 Å². The zero-order valence-electron chi connectivity index (χ0n) is 17.9. The first-order valence-corrected chi connectivity index (χ1v) is 9.53. The zero-order valence-corrected chi connectivity index (χ0v) is 17.9. The maximum atomic E-state index is 12.4. The Morgan fingerprint density at radius 3 is 2.23 bits per heavy atom. The quantitative estimate of drug-likeness (QED) is 0.486. The van der Waals surface area contributed by atoms with Crippen LogP contribution in [-0.4, -0.2) is 23.5 Å². The Labute approximate surface area is 181 Å². The lowest BCUT2D eigenvalue weighted by Crippen LogP contribution is -2.27. The van der Waals surface area contributed by atoms with Crippen molar-refractivity contribution < 1.29 is 19.1 Å². The van der Waals surface area contributed by atoms with E-state index in [4.69, 9.17) is 11.2 Å². The molecule has 2 rings (SSSR count). The summed E-state index contributed by atoms with van der Waals surface area (Å²) in [6.45, 7) is 6.69. The highest BCUT2D eigenvalue weighted by atomic mass is 16.6. The molecule has 0 aliphatic rings. The number of hydrogen-bond donors (Lipinski definition) is 3. The Balaban J connectivity index is 2.12. The van der Waals surface area contributed by atoms with Crippen molar-refractivity contribution in [2.45, 2.75) is 33.3 Å². The summed E-state index contributed by atoms with van der Waals surface area (Å²) in [5, 5.41) is 8.00. The third-order valence-corrected chi connectivity index (χ3v) is 3.74. The molecule has 0 aliphatic heterocycles. The van der Waals surface area contributed by atoms with Gasteiger partial charge in [0.05, 0.1) is 11.4 Å². The van der Waals surface area contributed by atoms with Gasteiger partial charge in [0.1, 0.15) is 5.60 Å². The van der Waals surface area contributed by atoms with Crippen LogP contribution in [0.4, 0.5) is 21.9 Å². The lowest BCUT2D eigenvalue weighted by atomic mass is 10.1. The Bertz CT molecular complexity index is 1040. The number of carbonyl (C=O) groups excluding carboxylic acids is 3. The summed E-state index contributed by atoms with van der Waals surface area (Å²) in [6, 6.07) is 11.8. The number of anilines is 3. The fraction of sp³-hybridized carbons (Fsp3) is 0.208. The maximum absolute atomic E-state index is 12.4. The summed E-state index contributed by atoms with van der Waals surface area (Å²) < 4.78 is 5.25. The van der Waals surface area contributed by atoms with Gasteiger partial charge in [-0.3, -0.25) is 14.9 Å². The summed E-state index contributed by atoms with van der Waals surface area (Å²) in [4.78, 5) is 35.6. The third kappa shape index (κ3) is 8.07. The summed E-state index contributed by atoms with van der Waals surface area (Å²) in [6.07, 6.45) is 7.78. The Morgan fingerprint density at radius 1 is 0.968 bits per heavy atom. The molecule has 3 amide bonds. The van der Waals surface area contributed by atoms with Gasteiger partial charge in [-0.25, -0.2) is 4.79 Å². The number of benzene rings is 2. The molecule has 3 N–H and O–H groups in total. The van der Waals surface area contributed by atoms with E-state index >= 15 is 0 Å². The number of hydrogen-bond acceptors (Lipinski definition) is 4. The Hall–Kier alpha value is -4.05. The second-order valence-corrected chi connectivity index (χ2v) is 7.66. The number of nitrogens with one attached hydrogen (secondary N) is 3. The van der Waals surface area contributed by atoms with Gasteiger partial charge < -0.3 is 15.4 Å². The molecule has 0 bridgehead atoms. The molecule has 0 aromatic heterocycles. The van der Waals surface area contributed by atoms with Crippen LogP contribution in [0, 0.1) is 12.3 Å². The second kappa shape index (κ2) is 10.1. The van der Waals surface area contributed by atoms with Crippen molar-refractivity contribution in [1.29, 1.82) is 0 Å². The molecule has 0 saturated heterocycles. The lowest BCUT2D eigenvalue weighted by molar-refractivity contribution is -0.114. The average Bonchev–Trinajstić information content (AvgIpc) is 2.67. The number of terminal acetylenes is 1. The number of carbonyl (C=O) groups is 3. The van der Waals surface area contributed by atoms with Gasteiger partial charge in [0.2, 0.25) is 11.8 Å². The topological polar surface area (TPSA) is 96.5 Å². The maximum Gasteiger partial charge on any atom is 0.412 e. The zero-order chi connectivity index (χ0) is 23.0. The molecule has 0 atom stereocenters. The Kier molecular flexibility index (Phi) is 7.58. The minimum Gasteiger partial charge on any atom is -0.444 e. The van der Waals surface area contributed by atoms with Crippen molar-refractivity contribution in [3.63, 3.8) is 0 Å². The van der Waals surface area contributed by atoms with E-state index in [0.717, 1.165) is 5.56 Å². The van der Waals surface area contributed by atoms with E-state index in [1.807, 2.05) is 0 Å². The van der Waals surface area contributed by atoms with Crippen molar-refractivity contribution in [3.8, 4) is 12.3 Å². The molecule has 2 aromatic rings. The van der Waals surface area contributed by atoms with Crippen LogP contribution in [0.15, 0.2) is 48.5 Å². The first-order chi connectivity index (χ1) is 14.6. The molecule has 0 fully saturated rings. The molecule has 0 unspecified atom stereocenters. The molecule has 160 valence electrons. The smallest absolute Gasteiger partial charge is 0.412 e. The Morgan fingerprint density at radius 2 is 1.65 bits per heavy atom. The second-order valence-electron chi connectivity index (χ2n) is 7.66. The van der Waals surface area contributed by atoms with Crippen molar-refractivity contribution >= 4 is 41.0 Å². The molecule has 0 aliphatic carbocycles. The first kappa shape index (κ1) is 23.2. The van der Waals surface area contributed by atoms with Gasteiger partial charge in [-0.05, 0) is 62.7 Å². The highest BCUT2D eigenvalue weighted by Crippen LogP contribution is 2.24. The van der Waals surface area contributed by atoms with Crippen LogP contribution >= 0.6 is 0 Å². The van der Waals surface area contributed by atoms with Gasteiger partial charge in [0.25, 0.3) is 0 Å². The fourth-order valence-electron chi connectivity index (χ4n) is 2.49. The van der Waals surface area contributed by atoms with E-state index in [2.05, 4.69) is 21.9 Å². The summed E-state index contributed by atoms with van der Waals surface area (Å²) in [5.41, 5.74) is 2.02.